The summed E-state index contributed by atoms with van der Waals surface area (Å²) in [5, 5.41) is 2.27. The third kappa shape index (κ3) is 4.42. The van der Waals surface area contributed by atoms with Crippen molar-refractivity contribution in [3.05, 3.63) is 54.5 Å². The molecule has 2 aliphatic rings. The van der Waals surface area contributed by atoms with Gasteiger partial charge in [0.05, 0.1) is 34.0 Å². The molecule has 1 unspecified atom stereocenters. The molecule has 0 spiro atoms. The van der Waals surface area contributed by atoms with E-state index in [0.717, 1.165) is 31.7 Å². The van der Waals surface area contributed by atoms with E-state index >= 15 is 0 Å². The van der Waals surface area contributed by atoms with Crippen molar-refractivity contribution in [2.45, 2.75) is 35.1 Å². The van der Waals surface area contributed by atoms with Crippen molar-refractivity contribution in [1.82, 2.24) is 10.2 Å². The first kappa shape index (κ1) is 20.6. The van der Waals surface area contributed by atoms with Gasteiger partial charge in [0.25, 0.3) is 0 Å². The summed E-state index contributed by atoms with van der Waals surface area (Å²) in [6, 6.07) is 11.1. The fraction of sp³-hybridized carbons (Fsp3) is 0.500. The molecule has 0 saturated carbocycles. The van der Waals surface area contributed by atoms with Crippen LogP contribution in [0.1, 0.15) is 24.6 Å². The Morgan fingerprint density at radius 2 is 1.79 bits per heavy atom. The Kier molecular flexibility index (Phi) is 5.83. The van der Waals surface area contributed by atoms with Crippen molar-refractivity contribution in [1.29, 1.82) is 0 Å². The number of likely N-dealkylation sites (tertiary alicyclic amines) is 1. The quantitative estimate of drug-likeness (QED) is 0.702. The molecule has 2 aliphatic heterocycles. The smallest absolute Gasteiger partial charge is 0.183 e. The summed E-state index contributed by atoms with van der Waals surface area (Å²) in [6.07, 6.45) is 3.85. The molecule has 0 bridgehead atoms. The second kappa shape index (κ2) is 8.22. The van der Waals surface area contributed by atoms with Crippen molar-refractivity contribution < 1.29 is 21.3 Å². The summed E-state index contributed by atoms with van der Waals surface area (Å²) in [5.74, 6) is 0.286. The lowest BCUT2D eigenvalue weighted by Gasteiger charge is -2.28. The first-order valence-electron chi connectivity index (χ1n) is 9.87. The van der Waals surface area contributed by atoms with Crippen LogP contribution in [0, 0.1) is 0 Å². The van der Waals surface area contributed by atoms with Crippen LogP contribution < -0.4 is 5.32 Å². The monoisotopic (exact) mass is 438 g/mol. The number of hydrogen-bond donors (Lipinski definition) is 1. The minimum atomic E-state index is -3.76. The van der Waals surface area contributed by atoms with Crippen LogP contribution in [0.4, 0.5) is 0 Å². The fourth-order valence-electron chi connectivity index (χ4n) is 4.30. The summed E-state index contributed by atoms with van der Waals surface area (Å²) >= 11 is 0. The molecule has 29 heavy (non-hydrogen) atoms. The average molecular weight is 439 g/mol. The van der Waals surface area contributed by atoms with Gasteiger partial charge in [0.1, 0.15) is 5.76 Å². The van der Waals surface area contributed by atoms with Gasteiger partial charge in [0.2, 0.25) is 0 Å². The molecule has 3 heterocycles. The maximum absolute atomic E-state index is 13.1. The number of rotatable bonds is 7. The molecule has 7 nitrogen and oxygen atoms in total. The van der Waals surface area contributed by atoms with Gasteiger partial charge in [-0.05, 0) is 50.2 Å². The summed E-state index contributed by atoms with van der Waals surface area (Å²) in [4.78, 5) is 2.46. The molecule has 0 radical (unpaired) electrons. The minimum absolute atomic E-state index is 0.0455. The summed E-state index contributed by atoms with van der Waals surface area (Å²) in [7, 11) is -7.19. The first-order chi connectivity index (χ1) is 13.9. The highest BCUT2D eigenvalue weighted by Gasteiger charge is 2.46. The lowest BCUT2D eigenvalue weighted by atomic mass is 10.1. The van der Waals surface area contributed by atoms with Crippen LogP contribution >= 0.6 is 0 Å². The third-order valence-electron chi connectivity index (χ3n) is 5.80. The molecule has 1 aromatic carbocycles. The highest BCUT2D eigenvalue weighted by atomic mass is 32.2. The predicted molar refractivity (Wildman–Crippen MR) is 110 cm³/mol. The standard InChI is InChI=1S/C20H26N2O5S2/c23-28(24)14-17(20(15-28)29(25,26)16-7-2-1-3-8-16)21-13-18(19-9-6-12-27-19)22-10-4-5-11-22/h1-3,6-9,12,17-18,20-21H,4-5,10-11,13-15H2/t17-,18?,20-/m0/s1. The van der Waals surface area contributed by atoms with E-state index in [2.05, 4.69) is 10.2 Å². The molecule has 0 amide bonds. The molecule has 1 N–H and O–H groups in total. The topological polar surface area (TPSA) is 96.7 Å². The molecule has 158 valence electrons. The largest absolute Gasteiger partial charge is 0.468 e. The fourth-order valence-corrected chi connectivity index (χ4v) is 9.04. The van der Waals surface area contributed by atoms with Crippen LogP contribution in [0.15, 0.2) is 58.0 Å². The molecular formula is C20H26N2O5S2. The molecular weight excluding hydrogens is 412 g/mol. The van der Waals surface area contributed by atoms with Crippen molar-refractivity contribution in [2.24, 2.45) is 0 Å². The molecule has 2 fully saturated rings. The molecule has 2 aromatic rings. The van der Waals surface area contributed by atoms with Gasteiger partial charge in [-0.25, -0.2) is 16.8 Å². The van der Waals surface area contributed by atoms with Crippen LogP contribution in [0.2, 0.25) is 0 Å². The Labute approximate surface area is 171 Å². The zero-order chi connectivity index (χ0) is 20.5. The number of hydrogen-bond acceptors (Lipinski definition) is 7. The Balaban J connectivity index is 1.55. The SMILES string of the molecule is O=S1(=O)C[C@H](NCC(c2ccco2)N2CCCC2)[C@@H](S(=O)(=O)c2ccccc2)C1. The van der Waals surface area contributed by atoms with E-state index in [-0.39, 0.29) is 22.4 Å². The van der Waals surface area contributed by atoms with Crippen molar-refractivity contribution in [2.75, 3.05) is 31.1 Å². The van der Waals surface area contributed by atoms with Crippen LogP contribution in [-0.2, 0) is 19.7 Å². The Morgan fingerprint density at radius 3 is 2.45 bits per heavy atom. The number of benzene rings is 1. The second-order valence-electron chi connectivity index (χ2n) is 7.76. The third-order valence-corrected chi connectivity index (χ3v) is 9.96. The van der Waals surface area contributed by atoms with E-state index in [4.69, 9.17) is 4.42 Å². The van der Waals surface area contributed by atoms with E-state index in [1.165, 1.54) is 12.1 Å². The summed E-state index contributed by atoms with van der Waals surface area (Å²) in [6.45, 7) is 2.33. The summed E-state index contributed by atoms with van der Waals surface area (Å²) in [5.41, 5.74) is 0. The van der Waals surface area contributed by atoms with E-state index in [1.54, 1.807) is 24.5 Å². The Hall–Kier alpha value is -1.68. The van der Waals surface area contributed by atoms with Crippen molar-refractivity contribution in [3.8, 4) is 0 Å². The lowest BCUT2D eigenvalue weighted by Crippen LogP contribution is -2.46. The van der Waals surface area contributed by atoms with E-state index < -0.39 is 31.0 Å². The highest BCUT2D eigenvalue weighted by Crippen LogP contribution is 2.28. The second-order valence-corrected chi connectivity index (χ2v) is 12.1. The van der Waals surface area contributed by atoms with Crippen LogP contribution in [0.3, 0.4) is 0 Å². The zero-order valence-corrected chi connectivity index (χ0v) is 17.7. The van der Waals surface area contributed by atoms with Gasteiger partial charge in [0, 0.05) is 12.6 Å². The maximum Gasteiger partial charge on any atom is 0.183 e. The minimum Gasteiger partial charge on any atom is -0.468 e. The van der Waals surface area contributed by atoms with Gasteiger partial charge in [-0.15, -0.1) is 0 Å². The molecule has 0 aliphatic carbocycles. The average Bonchev–Trinajstić information content (AvgIpc) is 3.45. The molecule has 9 heteroatoms. The van der Waals surface area contributed by atoms with Gasteiger partial charge in [-0.1, -0.05) is 18.2 Å². The Morgan fingerprint density at radius 1 is 1.07 bits per heavy atom. The van der Waals surface area contributed by atoms with Crippen molar-refractivity contribution in [3.63, 3.8) is 0 Å². The highest BCUT2D eigenvalue weighted by molar-refractivity contribution is 7.96. The number of nitrogens with one attached hydrogen (secondary N) is 1. The maximum atomic E-state index is 13.1. The lowest BCUT2D eigenvalue weighted by molar-refractivity contribution is 0.206. The number of furan rings is 1. The van der Waals surface area contributed by atoms with Crippen LogP contribution in [0.25, 0.3) is 0 Å². The molecule has 1 aromatic heterocycles. The van der Waals surface area contributed by atoms with Gasteiger partial charge in [-0.2, -0.15) is 0 Å². The van der Waals surface area contributed by atoms with Crippen molar-refractivity contribution >= 4 is 19.7 Å². The van der Waals surface area contributed by atoms with E-state index in [9.17, 15) is 16.8 Å². The predicted octanol–water partition coefficient (Wildman–Crippen LogP) is 1.65. The first-order valence-corrected chi connectivity index (χ1v) is 13.2. The molecule has 4 rings (SSSR count). The molecule has 3 atom stereocenters. The van der Waals surface area contributed by atoms with Gasteiger partial charge in [-0.3, -0.25) is 4.90 Å². The van der Waals surface area contributed by atoms with E-state index in [1.807, 2.05) is 12.1 Å². The van der Waals surface area contributed by atoms with E-state index in [0.29, 0.717) is 6.54 Å². The van der Waals surface area contributed by atoms with Gasteiger partial charge < -0.3 is 9.73 Å². The number of sulfone groups is 2. The Bertz CT molecular complexity index is 1010. The normalized spacial score (nSPS) is 25.9. The number of nitrogens with zero attached hydrogens (tertiary/aromatic N) is 1. The molecule has 2 saturated heterocycles. The van der Waals surface area contributed by atoms with Crippen LogP contribution in [-0.4, -0.2) is 64.2 Å². The van der Waals surface area contributed by atoms with Crippen LogP contribution in [0.5, 0.6) is 0 Å². The van der Waals surface area contributed by atoms with Gasteiger partial charge in [0.15, 0.2) is 19.7 Å². The van der Waals surface area contributed by atoms with Gasteiger partial charge >= 0.3 is 0 Å². The zero-order valence-electron chi connectivity index (χ0n) is 16.1. The summed E-state index contributed by atoms with van der Waals surface area (Å²) < 4.78 is 56.5.